The second kappa shape index (κ2) is 2.66. The molecule has 0 unspecified atom stereocenters. The Balaban J connectivity index is 2.69. The van der Waals surface area contributed by atoms with Gasteiger partial charge < -0.3 is 5.11 Å². The number of fused-ring (bicyclic) bond motifs is 1. The topological polar surface area (TPSA) is 115 Å². The van der Waals surface area contributed by atoms with Crippen LogP contribution in [-0.4, -0.2) is 41.9 Å². The minimum Gasteiger partial charge on any atom is -0.476 e. The lowest BCUT2D eigenvalue weighted by Crippen LogP contribution is -2.04. The summed E-state index contributed by atoms with van der Waals surface area (Å²) < 4.78 is 0. The van der Waals surface area contributed by atoms with Crippen LogP contribution in [0.4, 0.5) is 0 Å². The smallest absolute Gasteiger partial charge is 0.356 e. The van der Waals surface area contributed by atoms with E-state index in [-0.39, 0.29) is 16.9 Å². The second-order valence-corrected chi connectivity index (χ2v) is 2.12. The van der Waals surface area contributed by atoms with Gasteiger partial charge in [-0.1, -0.05) is 0 Å². The molecule has 8 heteroatoms. The Labute approximate surface area is 70.6 Å². The molecule has 0 saturated heterocycles. The summed E-state index contributed by atoms with van der Waals surface area (Å²) in [6.45, 7) is 0. The van der Waals surface area contributed by atoms with Crippen LogP contribution < -0.4 is 0 Å². The lowest BCUT2D eigenvalue weighted by molar-refractivity contribution is 0.0689. The Bertz CT molecular complexity index is 471. The van der Waals surface area contributed by atoms with E-state index in [1.807, 2.05) is 0 Å². The van der Waals surface area contributed by atoms with Crippen molar-refractivity contribution in [3.63, 3.8) is 0 Å². The Morgan fingerprint density at radius 2 is 1.92 bits per heavy atom. The number of carboxylic acid groups (broad SMARTS) is 1. The van der Waals surface area contributed by atoms with Gasteiger partial charge in [-0.25, -0.2) is 4.79 Å². The molecule has 2 rings (SSSR count). The first-order valence-corrected chi connectivity index (χ1v) is 3.20. The molecule has 0 aromatic carbocycles. The Morgan fingerprint density at radius 1 is 1.15 bits per heavy atom. The molecular formula is C5H2N6O2. The highest BCUT2D eigenvalue weighted by Crippen LogP contribution is 2.02. The van der Waals surface area contributed by atoms with E-state index in [1.54, 1.807) is 0 Å². The largest absolute Gasteiger partial charge is 0.476 e. The summed E-state index contributed by atoms with van der Waals surface area (Å²) in [6.07, 6.45) is 0. The maximum absolute atomic E-state index is 10.5. The molecule has 0 aliphatic heterocycles. The Morgan fingerprint density at radius 3 is 2.69 bits per heavy atom. The molecule has 0 fully saturated rings. The highest BCUT2D eigenvalue weighted by Gasteiger charge is 2.08. The Kier molecular flexibility index (Phi) is 1.51. The van der Waals surface area contributed by atoms with Gasteiger partial charge in [-0.2, -0.15) is 0 Å². The normalized spacial score (nSPS) is 10.2. The molecule has 2 aromatic heterocycles. The van der Waals surface area contributed by atoms with Crippen LogP contribution in [0.25, 0.3) is 11.2 Å². The second-order valence-electron chi connectivity index (χ2n) is 2.12. The maximum atomic E-state index is 10.5. The molecular weight excluding hydrogens is 176 g/mol. The quantitative estimate of drug-likeness (QED) is 0.585. The standard InChI is InChI=1S/C5H2N6O2/c12-5(13)3-1-2-4(8-6-3)9-11-10-7-2/h1H,(H,12,13). The zero-order chi connectivity index (χ0) is 9.26. The number of rotatable bonds is 1. The number of carbonyl (C=O) groups is 1. The molecule has 0 atom stereocenters. The van der Waals surface area contributed by atoms with Crippen LogP contribution in [0.15, 0.2) is 6.07 Å². The van der Waals surface area contributed by atoms with Crippen molar-refractivity contribution in [3.8, 4) is 0 Å². The van der Waals surface area contributed by atoms with Gasteiger partial charge in [-0.15, -0.1) is 20.4 Å². The molecule has 0 aliphatic rings. The Hall–Kier alpha value is -2.25. The number of aromatic nitrogens is 6. The third-order valence-corrected chi connectivity index (χ3v) is 1.31. The maximum Gasteiger partial charge on any atom is 0.356 e. The average Bonchev–Trinajstić information content (AvgIpc) is 2.17. The molecule has 0 radical (unpaired) electrons. The summed E-state index contributed by atoms with van der Waals surface area (Å²) in [5.74, 6) is -1.17. The third-order valence-electron chi connectivity index (χ3n) is 1.31. The van der Waals surface area contributed by atoms with Crippen molar-refractivity contribution in [1.29, 1.82) is 0 Å². The van der Waals surface area contributed by atoms with Crippen molar-refractivity contribution in [3.05, 3.63) is 11.8 Å². The molecule has 0 spiro atoms. The minimum absolute atomic E-state index is 0.167. The van der Waals surface area contributed by atoms with Crippen LogP contribution in [0.5, 0.6) is 0 Å². The fourth-order valence-electron chi connectivity index (χ4n) is 0.755. The van der Waals surface area contributed by atoms with Gasteiger partial charge in [0.2, 0.25) is 5.65 Å². The minimum atomic E-state index is -1.17. The van der Waals surface area contributed by atoms with E-state index < -0.39 is 5.97 Å². The van der Waals surface area contributed by atoms with Crippen LogP contribution in [0, 0.1) is 0 Å². The number of carboxylic acids is 1. The van der Waals surface area contributed by atoms with Crippen molar-refractivity contribution < 1.29 is 9.90 Å². The summed E-state index contributed by atoms with van der Waals surface area (Å²) in [4.78, 5) is 10.5. The molecule has 0 aliphatic carbocycles. The van der Waals surface area contributed by atoms with Crippen LogP contribution >= 0.6 is 0 Å². The molecule has 1 N–H and O–H groups in total. The highest BCUT2D eigenvalue weighted by molar-refractivity contribution is 5.88. The summed E-state index contributed by atoms with van der Waals surface area (Å²) in [6, 6.07) is 1.23. The van der Waals surface area contributed by atoms with Gasteiger partial charge in [0.05, 0.1) is 0 Å². The van der Waals surface area contributed by atoms with E-state index in [9.17, 15) is 4.79 Å². The van der Waals surface area contributed by atoms with Gasteiger partial charge in [0.25, 0.3) is 0 Å². The third kappa shape index (κ3) is 1.24. The molecule has 0 amide bonds. The lowest BCUT2D eigenvalue weighted by atomic mass is 10.4. The van der Waals surface area contributed by atoms with Crippen LogP contribution in [0.1, 0.15) is 10.5 Å². The van der Waals surface area contributed by atoms with Crippen molar-refractivity contribution in [2.24, 2.45) is 0 Å². The number of hydrogen-bond acceptors (Lipinski definition) is 7. The van der Waals surface area contributed by atoms with Crippen molar-refractivity contribution in [1.82, 2.24) is 30.8 Å². The summed E-state index contributed by atoms with van der Waals surface area (Å²) in [5, 5.41) is 28.9. The van der Waals surface area contributed by atoms with E-state index in [2.05, 4.69) is 30.8 Å². The van der Waals surface area contributed by atoms with E-state index in [0.29, 0.717) is 0 Å². The highest BCUT2D eigenvalue weighted by atomic mass is 16.4. The predicted molar refractivity (Wildman–Crippen MR) is 37.7 cm³/mol. The van der Waals surface area contributed by atoms with E-state index >= 15 is 0 Å². The van der Waals surface area contributed by atoms with Gasteiger partial charge >= 0.3 is 5.97 Å². The zero-order valence-electron chi connectivity index (χ0n) is 6.12. The summed E-state index contributed by atoms with van der Waals surface area (Å²) >= 11 is 0. The first-order chi connectivity index (χ1) is 6.27. The summed E-state index contributed by atoms with van der Waals surface area (Å²) in [7, 11) is 0. The molecule has 13 heavy (non-hydrogen) atoms. The SMILES string of the molecule is O=C(O)c1cc2nnnnc2nn1. The number of aromatic carboxylic acids is 1. The molecule has 2 aromatic rings. The molecule has 0 bridgehead atoms. The van der Waals surface area contributed by atoms with E-state index in [0.717, 1.165) is 0 Å². The van der Waals surface area contributed by atoms with Crippen LogP contribution in [0.2, 0.25) is 0 Å². The first kappa shape index (κ1) is 7.40. The molecule has 2 heterocycles. The first-order valence-electron chi connectivity index (χ1n) is 3.20. The van der Waals surface area contributed by atoms with Gasteiger partial charge in [0.1, 0.15) is 5.52 Å². The molecule has 8 nitrogen and oxygen atoms in total. The van der Waals surface area contributed by atoms with Gasteiger partial charge in [0, 0.05) is 6.07 Å². The van der Waals surface area contributed by atoms with Gasteiger partial charge in [0.15, 0.2) is 5.69 Å². The van der Waals surface area contributed by atoms with Crippen molar-refractivity contribution in [2.45, 2.75) is 0 Å². The van der Waals surface area contributed by atoms with Gasteiger partial charge in [-0.05, 0) is 10.4 Å². The molecule has 0 saturated carbocycles. The fourth-order valence-corrected chi connectivity index (χ4v) is 0.755. The van der Waals surface area contributed by atoms with E-state index in [4.69, 9.17) is 5.11 Å². The van der Waals surface area contributed by atoms with Crippen LogP contribution in [-0.2, 0) is 0 Å². The average molecular weight is 178 g/mol. The lowest BCUT2D eigenvalue weighted by Gasteiger charge is -1.92. The van der Waals surface area contributed by atoms with Gasteiger partial charge in [-0.3, -0.25) is 0 Å². The fraction of sp³-hybridized carbons (Fsp3) is 0. The summed E-state index contributed by atoms with van der Waals surface area (Å²) in [5.41, 5.74) is 0.220. The van der Waals surface area contributed by atoms with Crippen molar-refractivity contribution >= 4 is 17.1 Å². The van der Waals surface area contributed by atoms with Crippen LogP contribution in [0.3, 0.4) is 0 Å². The number of nitrogens with zero attached hydrogens (tertiary/aromatic N) is 6. The monoisotopic (exact) mass is 178 g/mol. The predicted octanol–water partition coefficient (Wildman–Crippen LogP) is -1.09. The van der Waals surface area contributed by atoms with E-state index in [1.165, 1.54) is 6.07 Å². The zero-order valence-corrected chi connectivity index (χ0v) is 6.12. The number of hydrogen-bond donors (Lipinski definition) is 1. The molecule has 64 valence electrons. The van der Waals surface area contributed by atoms with Crippen molar-refractivity contribution in [2.75, 3.05) is 0 Å².